The zero-order chi connectivity index (χ0) is 14.6. The summed E-state index contributed by atoms with van der Waals surface area (Å²) in [6.07, 6.45) is 3.78. The zero-order valence-electron chi connectivity index (χ0n) is 11.9. The highest BCUT2D eigenvalue weighted by atomic mass is 19.1. The standard InChI is InChI=1S/C16H22FNO2/c1-16(11-19)9-3-6-14(16)18-15(20)8-7-12-4-2-5-13(17)10-12/h2,4-5,10,14,19H,3,6-9,11H2,1H3,(H,18,20). The van der Waals surface area contributed by atoms with Crippen LogP contribution < -0.4 is 5.32 Å². The molecule has 4 heteroatoms. The highest BCUT2D eigenvalue weighted by Crippen LogP contribution is 2.37. The monoisotopic (exact) mass is 279 g/mol. The minimum absolute atomic E-state index is 0.0270. The largest absolute Gasteiger partial charge is 0.396 e. The fraction of sp³-hybridized carbons (Fsp3) is 0.562. The second-order valence-electron chi connectivity index (χ2n) is 5.95. The Morgan fingerprint density at radius 2 is 2.35 bits per heavy atom. The lowest BCUT2D eigenvalue weighted by Gasteiger charge is -2.30. The number of aliphatic hydroxyl groups excluding tert-OH is 1. The van der Waals surface area contributed by atoms with Gasteiger partial charge in [-0.3, -0.25) is 4.79 Å². The van der Waals surface area contributed by atoms with Crippen molar-refractivity contribution in [3.63, 3.8) is 0 Å². The first kappa shape index (κ1) is 15.0. The fourth-order valence-electron chi connectivity index (χ4n) is 2.89. The topological polar surface area (TPSA) is 49.3 Å². The molecule has 1 amide bonds. The first-order valence-corrected chi connectivity index (χ1v) is 7.18. The number of benzene rings is 1. The van der Waals surface area contributed by atoms with Gasteiger partial charge in [0.2, 0.25) is 5.91 Å². The number of aliphatic hydroxyl groups is 1. The van der Waals surface area contributed by atoms with Crippen molar-refractivity contribution in [3.8, 4) is 0 Å². The quantitative estimate of drug-likeness (QED) is 0.869. The molecule has 2 unspecified atom stereocenters. The Kier molecular flexibility index (Phi) is 4.76. The lowest BCUT2D eigenvalue weighted by Crippen LogP contribution is -2.44. The Bertz CT molecular complexity index is 477. The minimum Gasteiger partial charge on any atom is -0.396 e. The van der Waals surface area contributed by atoms with E-state index in [0.717, 1.165) is 24.8 Å². The molecule has 0 aliphatic heterocycles. The summed E-state index contributed by atoms with van der Waals surface area (Å²) >= 11 is 0. The van der Waals surface area contributed by atoms with E-state index in [0.29, 0.717) is 12.8 Å². The van der Waals surface area contributed by atoms with Crippen LogP contribution in [0.15, 0.2) is 24.3 Å². The lowest BCUT2D eigenvalue weighted by atomic mass is 9.85. The van der Waals surface area contributed by atoms with Crippen LogP contribution in [0.2, 0.25) is 0 Å². The maximum atomic E-state index is 13.0. The number of hydrogen-bond acceptors (Lipinski definition) is 2. The molecular weight excluding hydrogens is 257 g/mol. The molecule has 0 radical (unpaired) electrons. The van der Waals surface area contributed by atoms with Crippen LogP contribution in [0, 0.1) is 11.2 Å². The summed E-state index contributed by atoms with van der Waals surface area (Å²) in [6, 6.07) is 6.38. The van der Waals surface area contributed by atoms with E-state index < -0.39 is 0 Å². The van der Waals surface area contributed by atoms with Gasteiger partial charge in [0.1, 0.15) is 5.82 Å². The van der Waals surface area contributed by atoms with Crippen molar-refractivity contribution in [2.45, 2.75) is 45.1 Å². The summed E-state index contributed by atoms with van der Waals surface area (Å²) in [7, 11) is 0. The van der Waals surface area contributed by atoms with Gasteiger partial charge >= 0.3 is 0 Å². The van der Waals surface area contributed by atoms with Gasteiger partial charge in [-0.15, -0.1) is 0 Å². The maximum absolute atomic E-state index is 13.0. The first-order chi connectivity index (χ1) is 9.53. The molecule has 1 aromatic carbocycles. The van der Waals surface area contributed by atoms with Crippen molar-refractivity contribution in [1.29, 1.82) is 0 Å². The third kappa shape index (κ3) is 3.57. The third-order valence-corrected chi connectivity index (χ3v) is 4.31. The van der Waals surface area contributed by atoms with Gasteiger partial charge in [-0.1, -0.05) is 25.5 Å². The molecule has 1 aromatic rings. The molecule has 2 N–H and O–H groups in total. The van der Waals surface area contributed by atoms with Crippen LogP contribution in [-0.4, -0.2) is 23.7 Å². The summed E-state index contributed by atoms with van der Waals surface area (Å²) in [6.45, 7) is 2.11. The number of amides is 1. The summed E-state index contributed by atoms with van der Waals surface area (Å²) in [5.41, 5.74) is 0.630. The van der Waals surface area contributed by atoms with Gasteiger partial charge in [0, 0.05) is 17.9 Å². The molecule has 1 aliphatic rings. The lowest BCUT2D eigenvalue weighted by molar-refractivity contribution is -0.122. The minimum atomic E-state index is -0.272. The van der Waals surface area contributed by atoms with Crippen LogP contribution in [0.3, 0.4) is 0 Å². The van der Waals surface area contributed by atoms with Crippen molar-refractivity contribution >= 4 is 5.91 Å². The number of halogens is 1. The molecule has 0 bridgehead atoms. The number of aryl methyl sites for hydroxylation is 1. The van der Waals surface area contributed by atoms with Crippen molar-refractivity contribution < 1.29 is 14.3 Å². The van der Waals surface area contributed by atoms with E-state index in [2.05, 4.69) is 5.32 Å². The van der Waals surface area contributed by atoms with E-state index in [9.17, 15) is 14.3 Å². The number of carbonyl (C=O) groups is 1. The number of hydrogen-bond donors (Lipinski definition) is 2. The van der Waals surface area contributed by atoms with Gasteiger partial charge < -0.3 is 10.4 Å². The Morgan fingerprint density at radius 3 is 3.05 bits per heavy atom. The van der Waals surface area contributed by atoms with Gasteiger partial charge in [0.05, 0.1) is 6.61 Å². The van der Waals surface area contributed by atoms with Crippen molar-refractivity contribution in [1.82, 2.24) is 5.32 Å². The molecule has 0 saturated heterocycles. The molecule has 0 heterocycles. The second kappa shape index (κ2) is 6.35. The molecule has 1 aliphatic carbocycles. The van der Waals surface area contributed by atoms with Crippen LogP contribution in [-0.2, 0) is 11.2 Å². The molecule has 2 rings (SSSR count). The molecule has 1 saturated carbocycles. The van der Waals surface area contributed by atoms with E-state index >= 15 is 0 Å². The summed E-state index contributed by atoms with van der Waals surface area (Å²) in [5, 5.41) is 12.5. The average Bonchev–Trinajstić information content (AvgIpc) is 2.79. The van der Waals surface area contributed by atoms with Gasteiger partial charge in [-0.2, -0.15) is 0 Å². The van der Waals surface area contributed by atoms with Crippen LogP contribution in [0.1, 0.15) is 38.2 Å². The molecule has 3 nitrogen and oxygen atoms in total. The van der Waals surface area contributed by atoms with E-state index in [1.807, 2.05) is 13.0 Å². The summed E-state index contributed by atoms with van der Waals surface area (Å²) in [5.74, 6) is -0.299. The van der Waals surface area contributed by atoms with Gasteiger partial charge in [0.25, 0.3) is 0 Å². The van der Waals surface area contributed by atoms with E-state index in [-0.39, 0.29) is 29.8 Å². The van der Waals surface area contributed by atoms with Crippen LogP contribution >= 0.6 is 0 Å². The van der Waals surface area contributed by atoms with Gasteiger partial charge in [-0.25, -0.2) is 4.39 Å². The smallest absolute Gasteiger partial charge is 0.220 e. The number of rotatable bonds is 5. The molecule has 0 spiro atoms. The molecule has 2 atom stereocenters. The molecular formula is C16H22FNO2. The van der Waals surface area contributed by atoms with Crippen LogP contribution in [0.5, 0.6) is 0 Å². The zero-order valence-corrected chi connectivity index (χ0v) is 11.9. The first-order valence-electron chi connectivity index (χ1n) is 7.18. The maximum Gasteiger partial charge on any atom is 0.220 e. The highest BCUT2D eigenvalue weighted by Gasteiger charge is 2.38. The normalized spacial score (nSPS) is 25.6. The highest BCUT2D eigenvalue weighted by molar-refractivity contribution is 5.76. The van der Waals surface area contributed by atoms with Gasteiger partial charge in [0.15, 0.2) is 0 Å². The molecule has 110 valence electrons. The average molecular weight is 279 g/mol. The van der Waals surface area contributed by atoms with E-state index in [1.165, 1.54) is 12.1 Å². The number of carbonyl (C=O) groups excluding carboxylic acids is 1. The summed E-state index contributed by atoms with van der Waals surface area (Å²) < 4.78 is 13.0. The Hall–Kier alpha value is -1.42. The van der Waals surface area contributed by atoms with Crippen LogP contribution in [0.4, 0.5) is 4.39 Å². The van der Waals surface area contributed by atoms with E-state index in [1.54, 1.807) is 6.07 Å². The van der Waals surface area contributed by atoms with Crippen molar-refractivity contribution in [2.75, 3.05) is 6.61 Å². The predicted octanol–water partition coefficient (Wildman–Crippen LogP) is 2.43. The third-order valence-electron chi connectivity index (χ3n) is 4.31. The van der Waals surface area contributed by atoms with E-state index in [4.69, 9.17) is 0 Å². The fourth-order valence-corrected chi connectivity index (χ4v) is 2.89. The van der Waals surface area contributed by atoms with Crippen LogP contribution in [0.25, 0.3) is 0 Å². The Morgan fingerprint density at radius 1 is 1.55 bits per heavy atom. The summed E-state index contributed by atoms with van der Waals surface area (Å²) in [4.78, 5) is 12.0. The molecule has 1 fully saturated rings. The van der Waals surface area contributed by atoms with Gasteiger partial charge in [-0.05, 0) is 37.0 Å². The Labute approximate surface area is 119 Å². The predicted molar refractivity (Wildman–Crippen MR) is 75.7 cm³/mol. The van der Waals surface area contributed by atoms with Crippen molar-refractivity contribution in [2.24, 2.45) is 5.41 Å². The molecule has 0 aromatic heterocycles. The molecule has 20 heavy (non-hydrogen) atoms. The van der Waals surface area contributed by atoms with Crippen molar-refractivity contribution in [3.05, 3.63) is 35.6 Å². The second-order valence-corrected chi connectivity index (χ2v) is 5.95. The SMILES string of the molecule is CC1(CO)CCCC1NC(=O)CCc1cccc(F)c1. The number of nitrogens with one attached hydrogen (secondary N) is 1. The Balaban J connectivity index is 1.84.